The van der Waals surface area contributed by atoms with Crippen molar-refractivity contribution in [3.63, 3.8) is 0 Å². The molecule has 1 unspecified atom stereocenters. The summed E-state index contributed by atoms with van der Waals surface area (Å²) in [5.74, 6) is -1.54. The normalized spacial score (nSPS) is 12.2. The van der Waals surface area contributed by atoms with E-state index in [0.29, 0.717) is 0 Å². The molecule has 104 valence electrons. The molecule has 6 nitrogen and oxygen atoms in total. The Bertz CT molecular complexity index is 458. The number of aromatic nitrogens is 1. The lowest BCUT2D eigenvalue weighted by Gasteiger charge is -2.18. The van der Waals surface area contributed by atoms with E-state index < -0.39 is 11.9 Å². The molecule has 1 aromatic rings. The third kappa shape index (κ3) is 4.33. The van der Waals surface area contributed by atoms with Crippen LogP contribution in [0.4, 0.5) is 0 Å². The van der Waals surface area contributed by atoms with Gasteiger partial charge in [-0.3, -0.25) is 4.98 Å². The van der Waals surface area contributed by atoms with E-state index in [9.17, 15) is 9.59 Å². The quantitative estimate of drug-likeness (QED) is 0.788. The minimum atomic E-state index is -1.14. The Morgan fingerprint density at radius 2 is 1.95 bits per heavy atom. The molecule has 1 rings (SSSR count). The maximum atomic E-state index is 11.8. The van der Waals surface area contributed by atoms with E-state index in [2.05, 4.69) is 4.98 Å². The summed E-state index contributed by atoms with van der Waals surface area (Å²) < 4.78 is 10.3. The van der Waals surface area contributed by atoms with E-state index >= 15 is 0 Å². The number of rotatable bonds is 6. The molecule has 0 radical (unpaired) electrons. The van der Waals surface area contributed by atoms with Crippen LogP contribution in [-0.2, 0) is 9.47 Å². The molecule has 1 aromatic heterocycles. The van der Waals surface area contributed by atoms with Crippen LogP contribution in [0.1, 0.15) is 34.6 Å². The summed E-state index contributed by atoms with van der Waals surface area (Å²) in [6.45, 7) is 4.02. The number of methoxy groups -OCH3 is 1. The molecule has 0 aromatic carbocycles. The van der Waals surface area contributed by atoms with E-state index in [4.69, 9.17) is 14.6 Å². The lowest BCUT2D eigenvalue weighted by atomic mass is 10.1. The largest absolute Gasteiger partial charge is 0.478 e. The van der Waals surface area contributed by atoms with Crippen molar-refractivity contribution in [3.8, 4) is 0 Å². The molecular weight excluding hydrogens is 250 g/mol. The molecule has 19 heavy (non-hydrogen) atoms. The van der Waals surface area contributed by atoms with Gasteiger partial charge in [0.2, 0.25) is 0 Å². The SMILES string of the molecule is COC(COC(=O)c1cncc(C(=O)O)c1)C(C)C. The van der Waals surface area contributed by atoms with Crippen LogP contribution in [0.25, 0.3) is 0 Å². The van der Waals surface area contributed by atoms with Crippen LogP contribution in [0, 0.1) is 5.92 Å². The van der Waals surface area contributed by atoms with E-state index in [1.165, 1.54) is 18.5 Å². The first-order valence-corrected chi connectivity index (χ1v) is 5.84. The lowest BCUT2D eigenvalue weighted by molar-refractivity contribution is -0.00641. The number of pyridine rings is 1. The number of esters is 1. The van der Waals surface area contributed by atoms with Gasteiger partial charge in [0.05, 0.1) is 17.2 Å². The number of carbonyl (C=O) groups excluding carboxylic acids is 1. The smallest absolute Gasteiger partial charge is 0.339 e. The molecule has 0 saturated heterocycles. The van der Waals surface area contributed by atoms with Crippen LogP contribution in [0.15, 0.2) is 18.5 Å². The molecule has 0 spiro atoms. The van der Waals surface area contributed by atoms with E-state index in [-0.39, 0.29) is 29.8 Å². The van der Waals surface area contributed by atoms with Gasteiger partial charge in [0, 0.05) is 19.5 Å². The summed E-state index contributed by atoms with van der Waals surface area (Å²) in [6.07, 6.45) is 2.25. The van der Waals surface area contributed by atoms with Crippen LogP contribution in [-0.4, -0.2) is 41.8 Å². The van der Waals surface area contributed by atoms with Crippen LogP contribution in [0.3, 0.4) is 0 Å². The number of ether oxygens (including phenoxy) is 2. The third-order valence-corrected chi connectivity index (χ3v) is 2.65. The number of hydrogen-bond acceptors (Lipinski definition) is 5. The molecule has 0 aliphatic heterocycles. The first-order valence-electron chi connectivity index (χ1n) is 5.84. The Kier molecular flexibility index (Phi) is 5.44. The van der Waals surface area contributed by atoms with Crippen molar-refractivity contribution in [2.75, 3.05) is 13.7 Å². The maximum Gasteiger partial charge on any atom is 0.339 e. The van der Waals surface area contributed by atoms with Crippen molar-refractivity contribution in [3.05, 3.63) is 29.6 Å². The summed E-state index contributed by atoms with van der Waals surface area (Å²) in [6, 6.07) is 1.23. The van der Waals surface area contributed by atoms with Gasteiger partial charge in [-0.15, -0.1) is 0 Å². The third-order valence-electron chi connectivity index (χ3n) is 2.65. The molecule has 1 atom stereocenters. The highest BCUT2D eigenvalue weighted by Crippen LogP contribution is 2.09. The fourth-order valence-corrected chi connectivity index (χ4v) is 1.44. The van der Waals surface area contributed by atoms with Crippen LogP contribution in [0.5, 0.6) is 0 Å². The first-order chi connectivity index (χ1) is 8.95. The highest BCUT2D eigenvalue weighted by molar-refractivity contribution is 5.93. The predicted octanol–water partition coefficient (Wildman–Crippen LogP) is 1.61. The highest BCUT2D eigenvalue weighted by atomic mass is 16.6. The van der Waals surface area contributed by atoms with Crippen LogP contribution < -0.4 is 0 Å². The van der Waals surface area contributed by atoms with Crippen molar-refractivity contribution in [2.45, 2.75) is 20.0 Å². The molecule has 0 aliphatic carbocycles. The van der Waals surface area contributed by atoms with E-state index in [1.54, 1.807) is 7.11 Å². The van der Waals surface area contributed by atoms with Crippen molar-refractivity contribution >= 4 is 11.9 Å². The zero-order valence-electron chi connectivity index (χ0n) is 11.1. The summed E-state index contributed by atoms with van der Waals surface area (Å²) in [4.78, 5) is 26.2. The molecule has 1 N–H and O–H groups in total. The number of carbonyl (C=O) groups is 2. The summed E-state index contributed by atoms with van der Waals surface area (Å²) in [5.41, 5.74) is 0.0557. The second-order valence-electron chi connectivity index (χ2n) is 4.38. The van der Waals surface area contributed by atoms with Gasteiger partial charge in [0.25, 0.3) is 0 Å². The Labute approximate surface area is 111 Å². The zero-order valence-corrected chi connectivity index (χ0v) is 11.1. The van der Waals surface area contributed by atoms with Gasteiger partial charge in [-0.2, -0.15) is 0 Å². The molecule has 0 aliphatic rings. The Balaban J connectivity index is 2.68. The molecule has 6 heteroatoms. The van der Waals surface area contributed by atoms with Gasteiger partial charge in [-0.1, -0.05) is 13.8 Å². The fourth-order valence-electron chi connectivity index (χ4n) is 1.44. The Morgan fingerprint density at radius 3 is 2.47 bits per heavy atom. The van der Waals surface area contributed by atoms with Crippen molar-refractivity contribution in [2.24, 2.45) is 5.92 Å². The topological polar surface area (TPSA) is 85.7 Å². The highest BCUT2D eigenvalue weighted by Gasteiger charge is 2.17. The molecule has 0 amide bonds. The number of carboxylic acid groups (broad SMARTS) is 1. The molecule has 0 bridgehead atoms. The average molecular weight is 267 g/mol. The second kappa shape index (κ2) is 6.84. The minimum absolute atomic E-state index is 0.0541. The predicted molar refractivity (Wildman–Crippen MR) is 67.1 cm³/mol. The number of carboxylic acids is 1. The monoisotopic (exact) mass is 267 g/mol. The molecule has 1 heterocycles. The van der Waals surface area contributed by atoms with Crippen LogP contribution in [0.2, 0.25) is 0 Å². The second-order valence-corrected chi connectivity index (χ2v) is 4.38. The van der Waals surface area contributed by atoms with Gasteiger partial charge in [-0.25, -0.2) is 9.59 Å². The van der Waals surface area contributed by atoms with Gasteiger partial charge >= 0.3 is 11.9 Å². The van der Waals surface area contributed by atoms with Crippen molar-refractivity contribution in [1.82, 2.24) is 4.98 Å². The first kappa shape index (κ1) is 15.1. The standard InChI is InChI=1S/C13H17NO5/c1-8(2)11(18-3)7-19-13(17)10-4-9(12(15)16)5-14-6-10/h4-6,8,11H,7H2,1-3H3,(H,15,16). The molecule has 0 fully saturated rings. The van der Waals surface area contributed by atoms with Crippen molar-refractivity contribution < 1.29 is 24.2 Å². The van der Waals surface area contributed by atoms with Gasteiger partial charge in [0.1, 0.15) is 6.61 Å². The average Bonchev–Trinajstić information content (AvgIpc) is 2.38. The van der Waals surface area contributed by atoms with E-state index in [0.717, 1.165) is 0 Å². The van der Waals surface area contributed by atoms with Crippen molar-refractivity contribution in [1.29, 1.82) is 0 Å². The number of hydrogen-bond donors (Lipinski definition) is 1. The lowest BCUT2D eigenvalue weighted by Crippen LogP contribution is -2.26. The maximum absolute atomic E-state index is 11.8. The van der Waals surface area contributed by atoms with Gasteiger partial charge in [0.15, 0.2) is 0 Å². The fraction of sp³-hybridized carbons (Fsp3) is 0.462. The number of nitrogens with zero attached hydrogens (tertiary/aromatic N) is 1. The Morgan fingerprint density at radius 1 is 1.32 bits per heavy atom. The summed E-state index contributed by atoms with van der Waals surface area (Å²) in [5, 5.41) is 8.81. The summed E-state index contributed by atoms with van der Waals surface area (Å²) >= 11 is 0. The van der Waals surface area contributed by atoms with Crippen LogP contribution >= 0.6 is 0 Å². The van der Waals surface area contributed by atoms with Gasteiger partial charge < -0.3 is 14.6 Å². The molecular formula is C13H17NO5. The van der Waals surface area contributed by atoms with Gasteiger partial charge in [-0.05, 0) is 12.0 Å². The Hall–Kier alpha value is -1.95. The van der Waals surface area contributed by atoms with E-state index in [1.807, 2.05) is 13.8 Å². The molecule has 0 saturated carbocycles. The zero-order chi connectivity index (χ0) is 14.4. The minimum Gasteiger partial charge on any atom is -0.478 e. The number of aromatic carboxylic acids is 1. The summed E-state index contributed by atoms with van der Waals surface area (Å²) in [7, 11) is 1.55.